The standard InChI is InChI=1S/C20H24FN5O3/c1-12(2)19-24-20(29-25-19)13-5-7-26(8-6-13)18(27)11-28-10-17-22-15-4-3-14(21)9-16(15)23-17/h3-4,9,12-13H,5-8,10-11H2,1-2H3,(H,22,23). The normalized spacial score (nSPS) is 15.5. The third-order valence-corrected chi connectivity index (χ3v) is 5.13. The molecule has 4 rings (SSSR count). The highest BCUT2D eigenvalue weighted by Crippen LogP contribution is 2.27. The monoisotopic (exact) mass is 401 g/mol. The van der Waals surface area contributed by atoms with Gasteiger partial charge in [-0.3, -0.25) is 4.79 Å². The molecule has 154 valence electrons. The van der Waals surface area contributed by atoms with Gasteiger partial charge in [0.25, 0.3) is 0 Å². The number of nitrogens with one attached hydrogen (secondary N) is 1. The highest BCUT2D eigenvalue weighted by Gasteiger charge is 2.27. The van der Waals surface area contributed by atoms with Crippen LogP contribution in [-0.4, -0.2) is 50.6 Å². The number of ether oxygens (including phenoxy) is 1. The Morgan fingerprint density at radius 2 is 2.14 bits per heavy atom. The molecule has 1 aromatic carbocycles. The number of H-pyrrole nitrogens is 1. The van der Waals surface area contributed by atoms with E-state index in [2.05, 4.69) is 20.1 Å². The average molecular weight is 401 g/mol. The van der Waals surface area contributed by atoms with E-state index in [4.69, 9.17) is 9.26 Å². The van der Waals surface area contributed by atoms with E-state index < -0.39 is 0 Å². The minimum Gasteiger partial charge on any atom is -0.364 e. The number of benzene rings is 1. The van der Waals surface area contributed by atoms with Crippen LogP contribution in [0.4, 0.5) is 4.39 Å². The lowest BCUT2D eigenvalue weighted by molar-refractivity contribution is -0.137. The van der Waals surface area contributed by atoms with Crippen LogP contribution < -0.4 is 0 Å². The van der Waals surface area contributed by atoms with Crippen molar-refractivity contribution in [3.05, 3.63) is 41.6 Å². The van der Waals surface area contributed by atoms with Gasteiger partial charge < -0.3 is 19.1 Å². The number of fused-ring (bicyclic) bond motifs is 1. The molecule has 0 bridgehead atoms. The van der Waals surface area contributed by atoms with Crippen LogP contribution in [0, 0.1) is 5.82 Å². The number of carbonyl (C=O) groups is 1. The Morgan fingerprint density at radius 1 is 1.34 bits per heavy atom. The van der Waals surface area contributed by atoms with Crippen LogP contribution in [0.1, 0.15) is 56.1 Å². The molecule has 0 radical (unpaired) electrons. The predicted molar refractivity (Wildman–Crippen MR) is 103 cm³/mol. The molecule has 1 N–H and O–H groups in total. The fourth-order valence-corrected chi connectivity index (χ4v) is 3.45. The SMILES string of the molecule is CC(C)c1noc(C2CCN(C(=O)COCc3nc4ccc(F)cc4[nH]3)CC2)n1. The van der Waals surface area contributed by atoms with E-state index in [0.29, 0.717) is 35.8 Å². The first-order valence-electron chi connectivity index (χ1n) is 9.82. The molecule has 9 heteroatoms. The van der Waals surface area contributed by atoms with Crippen molar-refractivity contribution >= 4 is 16.9 Å². The summed E-state index contributed by atoms with van der Waals surface area (Å²) in [5.41, 5.74) is 1.28. The molecule has 0 spiro atoms. The van der Waals surface area contributed by atoms with Crippen molar-refractivity contribution in [3.8, 4) is 0 Å². The van der Waals surface area contributed by atoms with Crippen LogP contribution in [0.15, 0.2) is 22.7 Å². The number of likely N-dealkylation sites (tertiary alicyclic amines) is 1. The largest absolute Gasteiger partial charge is 0.364 e. The summed E-state index contributed by atoms with van der Waals surface area (Å²) in [7, 11) is 0. The van der Waals surface area contributed by atoms with Crippen LogP contribution >= 0.6 is 0 Å². The maximum atomic E-state index is 13.2. The summed E-state index contributed by atoms with van der Waals surface area (Å²) < 4.78 is 24.1. The van der Waals surface area contributed by atoms with Gasteiger partial charge in [0.1, 0.15) is 24.9 Å². The summed E-state index contributed by atoms with van der Waals surface area (Å²) in [5, 5.41) is 4.02. The number of hydrogen-bond donors (Lipinski definition) is 1. The zero-order valence-corrected chi connectivity index (χ0v) is 16.5. The summed E-state index contributed by atoms with van der Waals surface area (Å²) in [4.78, 5) is 26.0. The van der Waals surface area contributed by atoms with Gasteiger partial charge in [-0.15, -0.1) is 0 Å². The van der Waals surface area contributed by atoms with E-state index in [9.17, 15) is 9.18 Å². The molecule has 8 nitrogen and oxygen atoms in total. The molecule has 0 unspecified atom stereocenters. The van der Waals surface area contributed by atoms with Crippen LogP contribution in [0.5, 0.6) is 0 Å². The third kappa shape index (κ3) is 4.45. The summed E-state index contributed by atoms with van der Waals surface area (Å²) in [5.74, 6) is 1.99. The molecule has 1 amide bonds. The zero-order chi connectivity index (χ0) is 20.4. The third-order valence-electron chi connectivity index (χ3n) is 5.13. The maximum absolute atomic E-state index is 13.2. The highest BCUT2D eigenvalue weighted by molar-refractivity contribution is 5.77. The molecule has 0 saturated carbocycles. The number of halogens is 1. The molecule has 3 aromatic rings. The van der Waals surface area contributed by atoms with Gasteiger partial charge in [-0.25, -0.2) is 9.37 Å². The quantitative estimate of drug-likeness (QED) is 0.682. The fourth-order valence-electron chi connectivity index (χ4n) is 3.45. The van der Waals surface area contributed by atoms with Crippen molar-refractivity contribution in [2.75, 3.05) is 19.7 Å². The fraction of sp³-hybridized carbons (Fsp3) is 0.500. The van der Waals surface area contributed by atoms with Gasteiger partial charge in [-0.1, -0.05) is 19.0 Å². The molecule has 1 aliphatic heterocycles. The lowest BCUT2D eigenvalue weighted by Crippen LogP contribution is -2.40. The number of hydrogen-bond acceptors (Lipinski definition) is 6. The van der Waals surface area contributed by atoms with Crippen molar-refractivity contribution in [2.45, 2.75) is 45.1 Å². The number of piperidine rings is 1. The van der Waals surface area contributed by atoms with Gasteiger partial charge in [0.05, 0.1) is 11.0 Å². The molecule has 29 heavy (non-hydrogen) atoms. The molecule has 1 fully saturated rings. The Hall–Kier alpha value is -2.81. The van der Waals surface area contributed by atoms with Crippen LogP contribution in [-0.2, 0) is 16.1 Å². The number of aromatic amines is 1. The van der Waals surface area contributed by atoms with Gasteiger partial charge in [0.2, 0.25) is 11.8 Å². The second-order valence-corrected chi connectivity index (χ2v) is 7.64. The van der Waals surface area contributed by atoms with Gasteiger partial charge in [-0.05, 0) is 31.0 Å². The smallest absolute Gasteiger partial charge is 0.248 e. The first-order chi connectivity index (χ1) is 14.0. The van der Waals surface area contributed by atoms with Crippen molar-refractivity contribution in [1.82, 2.24) is 25.0 Å². The number of nitrogens with zero attached hydrogens (tertiary/aromatic N) is 4. The van der Waals surface area contributed by atoms with E-state index in [1.807, 2.05) is 13.8 Å². The topological polar surface area (TPSA) is 97.1 Å². The van der Waals surface area contributed by atoms with Gasteiger partial charge in [-0.2, -0.15) is 4.98 Å². The molecular weight excluding hydrogens is 377 g/mol. The van der Waals surface area contributed by atoms with Crippen molar-refractivity contribution < 1.29 is 18.4 Å². The van der Waals surface area contributed by atoms with Crippen molar-refractivity contribution in [3.63, 3.8) is 0 Å². The molecular formula is C20H24FN5O3. The zero-order valence-electron chi connectivity index (χ0n) is 16.5. The van der Waals surface area contributed by atoms with Crippen molar-refractivity contribution in [2.24, 2.45) is 0 Å². The average Bonchev–Trinajstić information content (AvgIpc) is 3.35. The van der Waals surface area contributed by atoms with Crippen LogP contribution in [0.3, 0.4) is 0 Å². The maximum Gasteiger partial charge on any atom is 0.248 e. The Balaban J connectivity index is 1.24. The summed E-state index contributed by atoms with van der Waals surface area (Å²) >= 11 is 0. The summed E-state index contributed by atoms with van der Waals surface area (Å²) in [6.45, 7) is 5.47. The minimum absolute atomic E-state index is 0.0197. The number of carbonyl (C=O) groups excluding carboxylic acids is 1. The van der Waals surface area contributed by atoms with Gasteiger partial charge in [0, 0.05) is 24.9 Å². The second kappa shape index (κ2) is 8.28. The predicted octanol–water partition coefficient (Wildman–Crippen LogP) is 3.13. The molecule has 3 heterocycles. The Morgan fingerprint density at radius 3 is 2.86 bits per heavy atom. The van der Waals surface area contributed by atoms with Gasteiger partial charge >= 0.3 is 0 Å². The first-order valence-corrected chi connectivity index (χ1v) is 9.82. The van der Waals surface area contributed by atoms with Crippen LogP contribution in [0.25, 0.3) is 11.0 Å². The molecule has 0 aliphatic carbocycles. The number of amides is 1. The lowest BCUT2D eigenvalue weighted by Gasteiger charge is -2.30. The van der Waals surface area contributed by atoms with E-state index in [0.717, 1.165) is 18.7 Å². The number of rotatable bonds is 6. The summed E-state index contributed by atoms with van der Waals surface area (Å²) in [6, 6.07) is 4.35. The Kier molecular flexibility index (Phi) is 5.57. The molecule has 1 aliphatic rings. The second-order valence-electron chi connectivity index (χ2n) is 7.64. The van der Waals surface area contributed by atoms with E-state index in [1.165, 1.54) is 12.1 Å². The Labute approximate surface area is 167 Å². The lowest BCUT2D eigenvalue weighted by atomic mass is 9.96. The van der Waals surface area contributed by atoms with E-state index in [-0.39, 0.29) is 36.8 Å². The number of imidazole rings is 1. The Bertz CT molecular complexity index is 991. The van der Waals surface area contributed by atoms with E-state index >= 15 is 0 Å². The first kappa shape index (κ1) is 19.5. The molecule has 1 saturated heterocycles. The molecule has 0 atom stereocenters. The van der Waals surface area contributed by atoms with E-state index in [1.54, 1.807) is 11.0 Å². The number of aromatic nitrogens is 4. The van der Waals surface area contributed by atoms with Crippen LogP contribution in [0.2, 0.25) is 0 Å². The van der Waals surface area contributed by atoms with Gasteiger partial charge in [0.15, 0.2) is 5.82 Å². The highest BCUT2D eigenvalue weighted by atomic mass is 19.1. The van der Waals surface area contributed by atoms with Crippen molar-refractivity contribution in [1.29, 1.82) is 0 Å². The minimum atomic E-state index is -0.326. The summed E-state index contributed by atoms with van der Waals surface area (Å²) in [6.07, 6.45) is 1.58. The molecule has 2 aromatic heterocycles.